The Balaban J connectivity index is -0.000000287. The maximum absolute atomic E-state index is 9.79. The van der Waals surface area contributed by atoms with Gasteiger partial charge in [-0.1, -0.05) is 13.8 Å². The highest BCUT2D eigenvalue weighted by atomic mass is 16.6. The first-order valence-corrected chi connectivity index (χ1v) is 17.8. The summed E-state index contributed by atoms with van der Waals surface area (Å²) in [6.07, 6.45) is 6.71. The Kier molecular flexibility index (Phi) is 39.0. The maximum Gasteiger partial charge on any atom is 0.373 e. The molecule has 21 nitrogen and oxygen atoms in total. The Morgan fingerprint density at radius 3 is 1.09 bits per heavy atom. The first-order chi connectivity index (χ1) is 26.1. The molecule has 0 bridgehead atoms. The topological polar surface area (TPSA) is 389 Å². The summed E-state index contributed by atoms with van der Waals surface area (Å²) in [5.41, 5.74) is -4.10. The van der Waals surface area contributed by atoms with Crippen LogP contribution in [0.15, 0.2) is 0 Å². The molecule has 4 fully saturated rings. The van der Waals surface area contributed by atoms with Crippen molar-refractivity contribution in [3.63, 3.8) is 0 Å². The van der Waals surface area contributed by atoms with Gasteiger partial charge in [-0.05, 0) is 38.5 Å². The monoisotopic (exact) mass is 812 g/mol. The molecular formula is C34H68O21. The van der Waals surface area contributed by atoms with Crippen LogP contribution in [0.5, 0.6) is 0 Å². The molecule has 0 spiro atoms. The van der Waals surface area contributed by atoms with Gasteiger partial charge in [-0.2, -0.15) is 9.59 Å². The number of aliphatic hydroxyl groups is 12. The van der Waals surface area contributed by atoms with Crippen molar-refractivity contribution < 1.29 is 105 Å². The predicted molar refractivity (Wildman–Crippen MR) is 189 cm³/mol. The molecule has 0 aromatic rings. The van der Waals surface area contributed by atoms with Gasteiger partial charge in [-0.15, -0.1) is 0 Å². The minimum Gasteiger partial charge on any atom is -0.481 e. The lowest BCUT2D eigenvalue weighted by molar-refractivity contribution is -0.191. The van der Waals surface area contributed by atoms with Crippen LogP contribution in [0.3, 0.4) is 0 Å². The van der Waals surface area contributed by atoms with E-state index in [2.05, 4.69) is 6.92 Å². The molecule has 0 radical (unpaired) electrons. The summed E-state index contributed by atoms with van der Waals surface area (Å²) in [5, 5.41) is 120. The quantitative estimate of drug-likeness (QED) is 0.0621. The van der Waals surface area contributed by atoms with E-state index < -0.39 is 94.3 Å². The number of fused-ring (bicyclic) bond motifs is 1. The maximum atomic E-state index is 9.79. The Morgan fingerprint density at radius 2 is 0.909 bits per heavy atom. The van der Waals surface area contributed by atoms with Crippen LogP contribution in [0, 0.1) is 22.2 Å². The molecule has 1 aliphatic carbocycles. The molecule has 3 aliphatic heterocycles. The lowest BCUT2D eigenvalue weighted by Crippen LogP contribution is -2.56. The summed E-state index contributed by atoms with van der Waals surface area (Å²) in [4.78, 5) is 35.8. The second-order valence-electron chi connectivity index (χ2n) is 12.6. The fourth-order valence-corrected chi connectivity index (χ4v) is 4.19. The van der Waals surface area contributed by atoms with Crippen molar-refractivity contribution in [3.05, 3.63) is 0 Å². The van der Waals surface area contributed by atoms with Gasteiger partial charge in [0.05, 0.1) is 133 Å². The third kappa shape index (κ3) is 27.1. The van der Waals surface area contributed by atoms with E-state index >= 15 is 0 Å². The highest BCUT2D eigenvalue weighted by molar-refractivity contribution is 5.69. The molecule has 4 aliphatic rings. The number of carbonyl (C=O) groups excluding carboxylic acids is 2. The van der Waals surface area contributed by atoms with Crippen molar-refractivity contribution in [2.45, 2.75) is 83.7 Å². The molecule has 5 unspecified atom stereocenters. The van der Waals surface area contributed by atoms with Crippen molar-refractivity contribution in [2.24, 2.45) is 22.2 Å². The second-order valence-corrected chi connectivity index (χ2v) is 12.6. The van der Waals surface area contributed by atoms with Gasteiger partial charge >= 0.3 is 18.1 Å². The van der Waals surface area contributed by atoms with Gasteiger partial charge in [-0.3, -0.25) is 9.59 Å². The molecule has 3 heterocycles. The molecule has 1 saturated carbocycles. The Bertz CT molecular complexity index is 860. The van der Waals surface area contributed by atoms with Gasteiger partial charge in [-0.25, -0.2) is 0 Å². The van der Waals surface area contributed by atoms with Crippen LogP contribution < -0.4 is 0 Å². The number of carboxylic acids is 2. The van der Waals surface area contributed by atoms with Crippen molar-refractivity contribution >= 4 is 18.1 Å². The predicted octanol–water partition coefficient (Wildman–Crippen LogP) is -4.05. The molecule has 0 aromatic carbocycles. The number of carbonyl (C=O) groups is 2. The van der Waals surface area contributed by atoms with E-state index in [1.54, 1.807) is 0 Å². The van der Waals surface area contributed by atoms with E-state index in [-0.39, 0.29) is 38.6 Å². The van der Waals surface area contributed by atoms with Crippen molar-refractivity contribution in [1.82, 2.24) is 0 Å². The van der Waals surface area contributed by atoms with Crippen LogP contribution >= 0.6 is 0 Å². The molecule has 21 heteroatoms. The molecule has 0 aromatic heterocycles. The number of ether oxygens (including phenoxy) is 3. The zero-order valence-corrected chi connectivity index (χ0v) is 32.1. The number of aliphatic hydroxyl groups excluding tert-OH is 12. The molecule has 3 saturated heterocycles. The molecule has 5 atom stereocenters. The van der Waals surface area contributed by atoms with Crippen LogP contribution in [0.1, 0.15) is 59.3 Å². The van der Waals surface area contributed by atoms with Gasteiger partial charge in [0, 0.05) is 12.8 Å². The first-order valence-electron chi connectivity index (χ1n) is 17.8. The number of aliphatic carboxylic acids is 2. The highest BCUT2D eigenvalue weighted by Crippen LogP contribution is 2.43. The fourth-order valence-electron chi connectivity index (χ4n) is 4.19. The number of rotatable bonds is 17. The van der Waals surface area contributed by atoms with E-state index in [1.165, 1.54) is 19.3 Å². The highest BCUT2D eigenvalue weighted by Gasteiger charge is 2.50. The third-order valence-corrected chi connectivity index (χ3v) is 8.59. The molecule has 4 rings (SSSR count). The second kappa shape index (κ2) is 36.1. The Labute approximate surface area is 321 Å². The van der Waals surface area contributed by atoms with Gasteiger partial charge in [0.2, 0.25) is 0 Å². The zero-order chi connectivity index (χ0) is 43.5. The van der Waals surface area contributed by atoms with Crippen molar-refractivity contribution in [1.29, 1.82) is 0 Å². The number of hydrogen-bond acceptors (Lipinski definition) is 19. The van der Waals surface area contributed by atoms with Gasteiger partial charge in [0.1, 0.15) is 0 Å². The van der Waals surface area contributed by atoms with Crippen molar-refractivity contribution in [2.75, 3.05) is 92.5 Å². The summed E-state index contributed by atoms with van der Waals surface area (Å²) in [6, 6.07) is 0. The fraction of sp³-hybridized carbons (Fsp3) is 0.912. The van der Waals surface area contributed by atoms with E-state index in [9.17, 15) is 9.59 Å². The standard InChI is InChI=1S/C8H18O6.C8H12O2.C5H12O4.C5H8O4.C3H6O.C2H6O2.C2H6.CO2/c9-1-7(2-10,3-11)8(4-12,5-13)6-14;1-2-6-7(10-6)3-5(1)8-4-9-8;6-1-5(2-7,3-8)4-9;6-4(7)2-1-3-5(8)9;1-3-2-4-3;3-1-2-4;1-2;2-1-3/h9-14H,1-6H2;5-8H,1-4H2;6-9H,1-4H2;1-3H2,(H,6,7)(H,8,9);3H,2H2,1H3;3-4H,1-2H2;1-2H3;. The van der Waals surface area contributed by atoms with Gasteiger partial charge in [0.25, 0.3) is 0 Å². The summed E-state index contributed by atoms with van der Waals surface area (Å²) in [6.45, 7) is 2.36. The van der Waals surface area contributed by atoms with E-state index in [1.807, 2.05) is 13.8 Å². The summed E-state index contributed by atoms with van der Waals surface area (Å²) < 4.78 is 15.4. The number of epoxide rings is 3. The average molecular weight is 813 g/mol. The largest absolute Gasteiger partial charge is 0.481 e. The van der Waals surface area contributed by atoms with Crippen molar-refractivity contribution in [3.8, 4) is 0 Å². The normalized spacial score (nSPS) is 21.0. The molecular weight excluding hydrogens is 744 g/mol. The SMILES string of the molecule is C1CC2OC2CC1C1CO1.CC.CC1CO1.O=C(O)CCCC(=O)O.O=C=O.OCC(CO)(CO)C(CO)(CO)CO.OCC(CO)(CO)CO.OCCO. The Morgan fingerprint density at radius 1 is 0.582 bits per heavy atom. The molecule has 14 N–H and O–H groups in total. The molecule has 55 heavy (non-hydrogen) atoms. The third-order valence-electron chi connectivity index (χ3n) is 8.59. The lowest BCUT2D eigenvalue weighted by atomic mass is 9.65. The minimum absolute atomic E-state index is 0.0632. The van der Waals surface area contributed by atoms with Crippen LogP contribution in [-0.2, 0) is 33.4 Å². The van der Waals surface area contributed by atoms with Crippen LogP contribution in [0.4, 0.5) is 0 Å². The average Bonchev–Trinajstić information content (AvgIpc) is 4.07. The number of hydrogen-bond donors (Lipinski definition) is 14. The van der Waals surface area contributed by atoms with E-state index in [4.69, 9.17) is 95.3 Å². The van der Waals surface area contributed by atoms with Crippen LogP contribution in [0.2, 0.25) is 0 Å². The lowest BCUT2D eigenvalue weighted by Gasteiger charge is -2.44. The zero-order valence-electron chi connectivity index (χ0n) is 32.1. The van der Waals surface area contributed by atoms with Crippen LogP contribution in [0.25, 0.3) is 0 Å². The minimum atomic E-state index is -1.49. The smallest absolute Gasteiger partial charge is 0.373 e. The number of carboxylic acid groups (broad SMARTS) is 2. The van der Waals surface area contributed by atoms with Crippen LogP contribution in [-0.4, -0.2) is 206 Å². The summed E-state index contributed by atoms with van der Waals surface area (Å²) in [5.74, 6) is -1.06. The first kappa shape index (κ1) is 59.4. The Hall–Kier alpha value is -2.28. The summed E-state index contributed by atoms with van der Waals surface area (Å²) >= 11 is 0. The van der Waals surface area contributed by atoms with Gasteiger partial charge < -0.3 is 85.7 Å². The molecule has 330 valence electrons. The van der Waals surface area contributed by atoms with Gasteiger partial charge in [0.15, 0.2) is 0 Å². The summed E-state index contributed by atoms with van der Waals surface area (Å²) in [7, 11) is 0. The van der Waals surface area contributed by atoms with E-state index in [0.29, 0.717) is 24.4 Å². The van der Waals surface area contributed by atoms with E-state index in [0.717, 1.165) is 19.1 Å². The molecule has 0 amide bonds.